The number of ether oxygens (including phenoxy) is 1. The van der Waals surface area contributed by atoms with E-state index in [0.29, 0.717) is 12.1 Å². The summed E-state index contributed by atoms with van der Waals surface area (Å²) in [4.78, 5) is 14.8. The molecule has 1 amide bonds. The monoisotopic (exact) mass is 346 g/mol. The molecule has 1 aliphatic rings. The normalized spacial score (nSPS) is 15.6. The Morgan fingerprint density at radius 2 is 2.08 bits per heavy atom. The van der Waals surface area contributed by atoms with E-state index in [4.69, 9.17) is 9.15 Å². The van der Waals surface area contributed by atoms with Gasteiger partial charge in [-0.05, 0) is 18.9 Å². The van der Waals surface area contributed by atoms with E-state index in [0.717, 1.165) is 50.7 Å². The molecule has 0 bridgehead atoms. The molecule has 25 heavy (non-hydrogen) atoms. The fourth-order valence-corrected chi connectivity index (χ4v) is 3.09. The smallest absolute Gasteiger partial charge is 0.260 e. The third-order valence-electron chi connectivity index (χ3n) is 4.60. The predicted octanol–water partition coefficient (Wildman–Crippen LogP) is 2.92. The highest BCUT2D eigenvalue weighted by atomic mass is 16.5. The summed E-state index contributed by atoms with van der Waals surface area (Å²) in [6.45, 7) is 8.20. The number of aromatic nitrogens is 2. The molecule has 1 N–H and O–H groups in total. The third kappa shape index (κ3) is 4.29. The van der Waals surface area contributed by atoms with Gasteiger partial charge in [-0.3, -0.25) is 9.69 Å². The summed E-state index contributed by atoms with van der Waals surface area (Å²) in [5, 5.41) is 7.29. The van der Waals surface area contributed by atoms with Crippen LogP contribution in [-0.4, -0.2) is 46.9 Å². The van der Waals surface area contributed by atoms with Gasteiger partial charge in [0.1, 0.15) is 17.8 Å². The molecule has 1 fully saturated rings. The lowest BCUT2D eigenvalue weighted by atomic mass is 10.2. The Morgan fingerprint density at radius 3 is 2.80 bits per heavy atom. The zero-order valence-corrected chi connectivity index (χ0v) is 14.9. The maximum atomic E-state index is 12.5. The van der Waals surface area contributed by atoms with Crippen LogP contribution in [0.15, 0.2) is 29.0 Å². The van der Waals surface area contributed by atoms with Gasteiger partial charge in [0.2, 0.25) is 0 Å². The van der Waals surface area contributed by atoms with Crippen molar-refractivity contribution < 1.29 is 13.9 Å². The van der Waals surface area contributed by atoms with E-state index in [1.165, 1.54) is 6.26 Å². The molecule has 0 saturated carbocycles. The van der Waals surface area contributed by atoms with Crippen molar-refractivity contribution in [2.45, 2.75) is 39.3 Å². The predicted molar refractivity (Wildman–Crippen MR) is 94.6 cm³/mol. The maximum absolute atomic E-state index is 12.5. The highest BCUT2D eigenvalue weighted by molar-refractivity contribution is 6.03. The van der Waals surface area contributed by atoms with Gasteiger partial charge in [0.25, 0.3) is 5.91 Å². The first-order valence-electron chi connectivity index (χ1n) is 8.93. The number of furan rings is 1. The van der Waals surface area contributed by atoms with Crippen LogP contribution in [0.25, 0.3) is 0 Å². The fraction of sp³-hybridized carbons (Fsp3) is 0.556. The summed E-state index contributed by atoms with van der Waals surface area (Å²) >= 11 is 0. The van der Waals surface area contributed by atoms with Gasteiger partial charge >= 0.3 is 0 Å². The average molecular weight is 346 g/mol. The lowest BCUT2D eigenvalue weighted by molar-refractivity contribution is 0.0313. The zero-order valence-electron chi connectivity index (χ0n) is 14.9. The number of nitrogens with zero attached hydrogens (tertiary/aromatic N) is 3. The number of nitrogens with one attached hydrogen (secondary N) is 1. The number of amides is 1. The summed E-state index contributed by atoms with van der Waals surface area (Å²) in [6.07, 6.45) is 5.17. The Balaban J connectivity index is 1.63. The van der Waals surface area contributed by atoms with E-state index in [9.17, 15) is 4.79 Å². The molecule has 1 aliphatic heterocycles. The third-order valence-corrected chi connectivity index (χ3v) is 4.60. The quantitative estimate of drug-likeness (QED) is 0.834. The minimum atomic E-state index is -0.176. The number of hydrogen-bond donors (Lipinski definition) is 1. The van der Waals surface area contributed by atoms with Crippen LogP contribution in [0, 0.1) is 0 Å². The Morgan fingerprint density at radius 1 is 1.32 bits per heavy atom. The number of carbonyl (C=O) groups is 1. The largest absolute Gasteiger partial charge is 0.467 e. The number of carbonyl (C=O) groups excluding carboxylic acids is 1. The van der Waals surface area contributed by atoms with Gasteiger partial charge in [-0.25, -0.2) is 4.68 Å². The zero-order chi connectivity index (χ0) is 17.6. The summed E-state index contributed by atoms with van der Waals surface area (Å²) in [5.41, 5.74) is 0.528. The van der Waals surface area contributed by atoms with Gasteiger partial charge in [-0.2, -0.15) is 5.10 Å². The molecule has 2 aromatic heterocycles. The fourth-order valence-electron chi connectivity index (χ4n) is 3.09. The van der Waals surface area contributed by atoms with E-state index >= 15 is 0 Å². The summed E-state index contributed by atoms with van der Waals surface area (Å²) in [7, 11) is 0. The van der Waals surface area contributed by atoms with Crippen molar-refractivity contribution in [3.63, 3.8) is 0 Å². The molecule has 0 spiro atoms. The van der Waals surface area contributed by atoms with Crippen molar-refractivity contribution in [2.24, 2.45) is 0 Å². The lowest BCUT2D eigenvalue weighted by Crippen LogP contribution is -2.35. The second-order valence-electron chi connectivity index (χ2n) is 6.28. The first kappa shape index (κ1) is 17.7. The molecule has 7 nitrogen and oxygen atoms in total. The average Bonchev–Trinajstić information content (AvgIpc) is 3.27. The molecule has 7 heteroatoms. The van der Waals surface area contributed by atoms with Crippen molar-refractivity contribution in [3.05, 3.63) is 35.9 Å². The molecule has 3 rings (SSSR count). The van der Waals surface area contributed by atoms with Crippen molar-refractivity contribution in [2.75, 3.05) is 31.6 Å². The topological polar surface area (TPSA) is 72.5 Å². The van der Waals surface area contributed by atoms with Crippen LogP contribution < -0.4 is 5.32 Å². The summed E-state index contributed by atoms with van der Waals surface area (Å²) in [6, 6.07) is 3.92. The van der Waals surface area contributed by atoms with Crippen LogP contribution >= 0.6 is 0 Å². The maximum Gasteiger partial charge on any atom is 0.260 e. The summed E-state index contributed by atoms with van der Waals surface area (Å²) in [5.74, 6) is 1.33. The summed E-state index contributed by atoms with van der Waals surface area (Å²) < 4.78 is 12.8. The van der Waals surface area contributed by atoms with E-state index in [-0.39, 0.29) is 11.9 Å². The molecule has 0 unspecified atom stereocenters. The van der Waals surface area contributed by atoms with Crippen molar-refractivity contribution in [1.82, 2.24) is 14.7 Å². The van der Waals surface area contributed by atoms with Crippen LogP contribution in [0.1, 0.15) is 48.8 Å². The van der Waals surface area contributed by atoms with Gasteiger partial charge in [0.15, 0.2) is 0 Å². The van der Waals surface area contributed by atoms with Gasteiger partial charge in [-0.1, -0.05) is 13.8 Å². The number of morpholine rings is 1. The van der Waals surface area contributed by atoms with Crippen molar-refractivity contribution >= 4 is 11.7 Å². The molecular formula is C18H26N4O3. The Kier molecular flexibility index (Phi) is 5.88. The first-order valence-corrected chi connectivity index (χ1v) is 8.93. The standard InChI is InChI=1S/C18H26N4O3/c1-3-15(4-2)22-17(5-6-19-22)20-18(23)14-11-16(25-13-14)12-21-7-9-24-10-8-21/h5-6,11,13,15H,3-4,7-10,12H2,1-2H3,(H,20,23). The molecular weight excluding hydrogens is 320 g/mol. The molecule has 2 aromatic rings. The highest BCUT2D eigenvalue weighted by Gasteiger charge is 2.17. The van der Waals surface area contributed by atoms with Crippen LogP contribution in [0.5, 0.6) is 0 Å². The molecule has 0 radical (unpaired) electrons. The molecule has 0 aliphatic carbocycles. The van der Waals surface area contributed by atoms with Gasteiger partial charge in [-0.15, -0.1) is 0 Å². The Hall–Kier alpha value is -2.12. The van der Waals surface area contributed by atoms with E-state index < -0.39 is 0 Å². The second-order valence-corrected chi connectivity index (χ2v) is 6.28. The molecule has 136 valence electrons. The molecule has 1 saturated heterocycles. The van der Waals surface area contributed by atoms with Crippen molar-refractivity contribution in [3.8, 4) is 0 Å². The minimum absolute atomic E-state index is 0.176. The molecule has 3 heterocycles. The van der Waals surface area contributed by atoms with E-state index in [1.54, 1.807) is 6.20 Å². The molecule has 0 aromatic carbocycles. The van der Waals surface area contributed by atoms with Gasteiger partial charge < -0.3 is 14.5 Å². The van der Waals surface area contributed by atoms with E-state index in [1.807, 2.05) is 16.8 Å². The van der Waals surface area contributed by atoms with Gasteiger partial charge in [0, 0.05) is 19.2 Å². The molecule has 0 atom stereocenters. The highest BCUT2D eigenvalue weighted by Crippen LogP contribution is 2.21. The Bertz CT molecular complexity index is 684. The van der Waals surface area contributed by atoms with Crippen molar-refractivity contribution in [1.29, 1.82) is 0 Å². The SMILES string of the molecule is CCC(CC)n1nccc1NC(=O)c1coc(CN2CCOCC2)c1. The Labute approximate surface area is 147 Å². The van der Waals surface area contributed by atoms with Crippen LogP contribution in [0.2, 0.25) is 0 Å². The first-order chi connectivity index (χ1) is 12.2. The minimum Gasteiger partial charge on any atom is -0.467 e. The second kappa shape index (κ2) is 8.31. The number of anilines is 1. The van der Waals surface area contributed by atoms with Gasteiger partial charge in [0.05, 0.1) is 37.6 Å². The number of rotatable bonds is 7. The van der Waals surface area contributed by atoms with Crippen LogP contribution in [0.3, 0.4) is 0 Å². The number of hydrogen-bond acceptors (Lipinski definition) is 5. The van der Waals surface area contributed by atoms with Crippen LogP contribution in [0.4, 0.5) is 5.82 Å². The lowest BCUT2D eigenvalue weighted by Gasteiger charge is -2.25. The van der Waals surface area contributed by atoms with Crippen LogP contribution in [-0.2, 0) is 11.3 Å². The van der Waals surface area contributed by atoms with E-state index in [2.05, 4.69) is 29.2 Å².